The lowest BCUT2D eigenvalue weighted by Crippen LogP contribution is -2.13. The van der Waals surface area contributed by atoms with Gasteiger partial charge in [0.25, 0.3) is 0 Å². The maximum Gasteiger partial charge on any atom is 0.334 e. The molecule has 0 aromatic rings. The predicted molar refractivity (Wildman–Crippen MR) is 75.3 cm³/mol. The molecule has 5 nitrogen and oxygen atoms in total. The van der Waals surface area contributed by atoms with Gasteiger partial charge in [0.05, 0.1) is 19.0 Å². The highest BCUT2D eigenvalue weighted by atomic mass is 16.6. The molecule has 0 unspecified atom stereocenters. The second kappa shape index (κ2) is 10.5. The highest BCUT2D eigenvalue weighted by Gasteiger charge is 2.15. The summed E-state index contributed by atoms with van der Waals surface area (Å²) in [4.78, 5) is 11.7. The first-order valence-corrected chi connectivity index (χ1v) is 6.95. The number of rotatable bonds is 10. The summed E-state index contributed by atoms with van der Waals surface area (Å²) < 4.78 is 20.5. The fourth-order valence-corrected chi connectivity index (χ4v) is 1.77. The minimum Gasteiger partial charge on any atom is -0.498 e. The van der Waals surface area contributed by atoms with Crippen LogP contribution >= 0.6 is 0 Å². The molecule has 0 amide bonds. The zero-order valence-corrected chi connectivity index (χ0v) is 12.4. The molecule has 0 aromatic carbocycles. The maximum atomic E-state index is 11.7. The van der Waals surface area contributed by atoms with Gasteiger partial charge in [-0.2, -0.15) is 0 Å². The van der Waals surface area contributed by atoms with Crippen molar-refractivity contribution in [1.82, 2.24) is 0 Å². The molecule has 0 N–H and O–H groups in total. The minimum atomic E-state index is -0.266. The van der Waals surface area contributed by atoms with Crippen molar-refractivity contribution in [2.45, 2.75) is 25.7 Å². The number of esters is 1. The van der Waals surface area contributed by atoms with Crippen LogP contribution in [0.1, 0.15) is 25.7 Å². The average molecular weight is 284 g/mol. The van der Waals surface area contributed by atoms with E-state index in [1.165, 1.54) is 0 Å². The van der Waals surface area contributed by atoms with Crippen molar-refractivity contribution in [1.29, 1.82) is 0 Å². The van der Waals surface area contributed by atoms with E-state index in [-0.39, 0.29) is 5.97 Å². The van der Waals surface area contributed by atoms with Gasteiger partial charge in [-0.25, -0.2) is 4.79 Å². The monoisotopic (exact) mass is 284 g/mol. The molecule has 1 rings (SSSR count). The van der Waals surface area contributed by atoms with Crippen molar-refractivity contribution in [2.24, 2.45) is 0 Å². The molecule has 1 aliphatic carbocycles. The fraction of sp³-hybridized carbons (Fsp3) is 0.667. The molecular weight excluding hydrogens is 260 g/mol. The number of hydrogen-bond donors (Lipinski definition) is 0. The summed E-state index contributed by atoms with van der Waals surface area (Å²) in [6.45, 7) is 2.17. The Morgan fingerprint density at radius 1 is 1.00 bits per heavy atom. The van der Waals surface area contributed by atoms with Gasteiger partial charge in [-0.1, -0.05) is 0 Å². The Morgan fingerprint density at radius 2 is 1.75 bits per heavy atom. The number of hydrogen-bond acceptors (Lipinski definition) is 5. The van der Waals surface area contributed by atoms with Crippen molar-refractivity contribution in [3.63, 3.8) is 0 Å². The van der Waals surface area contributed by atoms with Crippen LogP contribution in [-0.2, 0) is 23.7 Å². The molecule has 0 spiro atoms. The van der Waals surface area contributed by atoms with Crippen LogP contribution in [0.2, 0.25) is 0 Å². The van der Waals surface area contributed by atoms with E-state index in [2.05, 4.69) is 0 Å². The van der Waals surface area contributed by atoms with Crippen molar-refractivity contribution >= 4 is 5.97 Å². The lowest BCUT2D eigenvalue weighted by Gasteiger charge is -2.15. The molecular formula is C15H24O5. The van der Waals surface area contributed by atoms with E-state index in [0.29, 0.717) is 31.8 Å². The molecule has 0 radical (unpaired) electrons. The first-order chi connectivity index (χ1) is 9.77. The van der Waals surface area contributed by atoms with Crippen LogP contribution in [0.25, 0.3) is 0 Å². The highest BCUT2D eigenvalue weighted by molar-refractivity contribution is 5.89. The van der Waals surface area contributed by atoms with Gasteiger partial charge in [-0.15, -0.1) is 0 Å². The molecule has 20 heavy (non-hydrogen) atoms. The van der Waals surface area contributed by atoms with Gasteiger partial charge < -0.3 is 18.9 Å². The number of carbonyl (C=O) groups is 1. The second-order valence-corrected chi connectivity index (χ2v) is 4.50. The topological polar surface area (TPSA) is 54.0 Å². The van der Waals surface area contributed by atoms with Gasteiger partial charge in [0.2, 0.25) is 0 Å². The largest absolute Gasteiger partial charge is 0.498 e. The predicted octanol–water partition coefficient (Wildman–Crippen LogP) is 2.22. The fourth-order valence-electron chi connectivity index (χ4n) is 1.77. The first kappa shape index (κ1) is 16.7. The normalized spacial score (nSPS) is 14.5. The van der Waals surface area contributed by atoms with Crippen LogP contribution in [-0.4, -0.2) is 46.6 Å². The standard InChI is InChI=1S/C15H24O5/c1-17-9-3-4-10-19-14-7-5-13(6-8-14)15(16)20-12-11-18-2/h5,7H,3-4,6,8-12H2,1-2H3. The van der Waals surface area contributed by atoms with Gasteiger partial charge in [-0.05, 0) is 31.4 Å². The van der Waals surface area contributed by atoms with E-state index >= 15 is 0 Å². The number of ether oxygens (including phenoxy) is 4. The summed E-state index contributed by atoms with van der Waals surface area (Å²) in [7, 11) is 3.27. The Balaban J connectivity index is 2.24. The second-order valence-electron chi connectivity index (χ2n) is 4.50. The van der Waals surface area contributed by atoms with E-state index in [9.17, 15) is 4.79 Å². The SMILES string of the molecule is COCCCCOC1=CC=C(C(=O)OCCOC)CC1. The van der Waals surface area contributed by atoms with Gasteiger partial charge in [0.15, 0.2) is 0 Å². The number of allylic oxidation sites excluding steroid dienone is 3. The van der Waals surface area contributed by atoms with Crippen molar-refractivity contribution in [2.75, 3.05) is 40.6 Å². The zero-order chi connectivity index (χ0) is 14.6. The maximum absolute atomic E-state index is 11.7. The molecule has 0 aliphatic heterocycles. The van der Waals surface area contributed by atoms with Crippen LogP contribution in [0.4, 0.5) is 0 Å². The summed E-state index contributed by atoms with van der Waals surface area (Å²) in [5, 5.41) is 0. The van der Waals surface area contributed by atoms with Crippen LogP contribution in [0.5, 0.6) is 0 Å². The third-order valence-corrected chi connectivity index (χ3v) is 2.92. The third-order valence-electron chi connectivity index (χ3n) is 2.92. The van der Waals surface area contributed by atoms with Crippen molar-refractivity contribution < 1.29 is 23.7 Å². The summed E-state index contributed by atoms with van der Waals surface area (Å²) in [6.07, 6.45) is 7.01. The Hall–Kier alpha value is -1.33. The number of unbranched alkanes of at least 4 members (excludes halogenated alkanes) is 1. The van der Waals surface area contributed by atoms with Crippen LogP contribution in [0.3, 0.4) is 0 Å². The van der Waals surface area contributed by atoms with Gasteiger partial charge in [0, 0.05) is 32.8 Å². The number of methoxy groups -OCH3 is 2. The number of carbonyl (C=O) groups excluding carboxylic acids is 1. The van der Waals surface area contributed by atoms with E-state index in [1.54, 1.807) is 20.3 Å². The van der Waals surface area contributed by atoms with Crippen LogP contribution in [0.15, 0.2) is 23.5 Å². The smallest absolute Gasteiger partial charge is 0.334 e. The molecule has 0 atom stereocenters. The molecule has 0 fully saturated rings. The first-order valence-electron chi connectivity index (χ1n) is 6.95. The summed E-state index contributed by atoms with van der Waals surface area (Å²) >= 11 is 0. The third kappa shape index (κ3) is 6.73. The average Bonchev–Trinajstić information content (AvgIpc) is 2.48. The Bertz CT molecular complexity index is 346. The van der Waals surface area contributed by atoms with Crippen LogP contribution in [0, 0.1) is 0 Å². The van der Waals surface area contributed by atoms with E-state index < -0.39 is 0 Å². The van der Waals surface area contributed by atoms with Crippen molar-refractivity contribution in [3.8, 4) is 0 Å². The molecule has 114 valence electrons. The van der Waals surface area contributed by atoms with Gasteiger partial charge in [-0.3, -0.25) is 0 Å². The summed E-state index contributed by atoms with van der Waals surface area (Å²) in [6, 6.07) is 0. The van der Waals surface area contributed by atoms with Crippen molar-refractivity contribution in [3.05, 3.63) is 23.5 Å². The van der Waals surface area contributed by atoms with E-state index in [0.717, 1.165) is 31.6 Å². The summed E-state index contributed by atoms with van der Waals surface area (Å²) in [5.41, 5.74) is 0.688. The quantitative estimate of drug-likeness (QED) is 0.455. The molecule has 0 heterocycles. The highest BCUT2D eigenvalue weighted by Crippen LogP contribution is 2.20. The molecule has 5 heteroatoms. The van der Waals surface area contributed by atoms with E-state index in [1.807, 2.05) is 6.08 Å². The minimum absolute atomic E-state index is 0.266. The molecule has 0 bridgehead atoms. The Labute approximate surface area is 120 Å². The van der Waals surface area contributed by atoms with E-state index in [4.69, 9.17) is 18.9 Å². The molecule has 1 aliphatic rings. The Kier molecular flexibility index (Phi) is 8.74. The summed E-state index contributed by atoms with van der Waals surface area (Å²) in [5.74, 6) is 0.660. The van der Waals surface area contributed by atoms with Gasteiger partial charge >= 0.3 is 5.97 Å². The lowest BCUT2D eigenvalue weighted by molar-refractivity contribution is -0.140. The Morgan fingerprint density at radius 3 is 2.40 bits per heavy atom. The molecule has 0 aromatic heterocycles. The lowest BCUT2D eigenvalue weighted by atomic mass is 10.0. The molecule has 0 saturated heterocycles. The zero-order valence-electron chi connectivity index (χ0n) is 12.4. The molecule has 0 saturated carbocycles. The van der Waals surface area contributed by atoms with Gasteiger partial charge in [0.1, 0.15) is 6.61 Å². The van der Waals surface area contributed by atoms with Crippen LogP contribution < -0.4 is 0 Å².